The molecule has 0 radical (unpaired) electrons. The first-order valence-electron chi connectivity index (χ1n) is 9.63. The number of carbonyl (C=O) groups excluding carboxylic acids is 2. The second-order valence-corrected chi connectivity index (χ2v) is 8.48. The first-order valence-corrected chi connectivity index (χ1v) is 9.63. The molecule has 1 heterocycles. The van der Waals surface area contributed by atoms with Gasteiger partial charge in [-0.3, -0.25) is 19.4 Å². The summed E-state index contributed by atoms with van der Waals surface area (Å²) in [5.74, 6) is 0.172. The van der Waals surface area contributed by atoms with Crippen molar-refractivity contribution < 1.29 is 9.59 Å². The number of carbonyl (C=O) groups is 2. The second-order valence-electron chi connectivity index (χ2n) is 8.48. The summed E-state index contributed by atoms with van der Waals surface area (Å²) in [5, 5.41) is 6.18. The first kappa shape index (κ1) is 21.9. The molecule has 0 aliphatic carbocycles. The summed E-state index contributed by atoms with van der Waals surface area (Å²) < 4.78 is 0. The highest BCUT2D eigenvalue weighted by Crippen LogP contribution is 2.09. The van der Waals surface area contributed by atoms with Crippen LogP contribution in [0.3, 0.4) is 0 Å². The van der Waals surface area contributed by atoms with Crippen molar-refractivity contribution in [1.82, 2.24) is 20.4 Å². The summed E-state index contributed by atoms with van der Waals surface area (Å²) in [6.07, 6.45) is 2.81. The van der Waals surface area contributed by atoms with Gasteiger partial charge in [-0.2, -0.15) is 0 Å². The molecule has 2 amide bonds. The molecule has 1 aliphatic rings. The minimum atomic E-state index is -0.154. The zero-order valence-electron chi connectivity index (χ0n) is 17.1. The maximum Gasteiger partial charge on any atom is 0.234 e. The Kier molecular flexibility index (Phi) is 8.35. The third-order valence-corrected chi connectivity index (χ3v) is 5.14. The number of hydrogen-bond acceptors (Lipinski definition) is 4. The Morgan fingerprint density at radius 2 is 1.12 bits per heavy atom. The largest absolute Gasteiger partial charge is 0.350 e. The molecule has 0 aromatic carbocycles. The van der Waals surface area contributed by atoms with E-state index < -0.39 is 0 Å². The minimum Gasteiger partial charge on any atom is -0.350 e. The van der Waals surface area contributed by atoms with Crippen LogP contribution in [0.1, 0.15) is 60.8 Å². The summed E-state index contributed by atoms with van der Waals surface area (Å²) in [6, 6.07) is 0. The van der Waals surface area contributed by atoms with Crippen LogP contribution in [0.4, 0.5) is 0 Å². The van der Waals surface area contributed by atoms with E-state index in [9.17, 15) is 9.59 Å². The van der Waals surface area contributed by atoms with Crippen LogP contribution in [0.2, 0.25) is 0 Å². The number of nitrogens with one attached hydrogen (secondary N) is 2. The molecule has 0 atom stereocenters. The van der Waals surface area contributed by atoms with Gasteiger partial charge in [-0.1, -0.05) is 13.8 Å². The predicted molar refractivity (Wildman–Crippen MR) is 103 cm³/mol. The van der Waals surface area contributed by atoms with Gasteiger partial charge in [0.25, 0.3) is 0 Å². The minimum absolute atomic E-state index is 0.0859. The SMILES string of the molecule is CCC(C)(C)NC(=O)CN1CCCN(CC(=O)NC(C)(C)CC)CC1. The Hall–Kier alpha value is -1.14. The van der Waals surface area contributed by atoms with Gasteiger partial charge < -0.3 is 10.6 Å². The van der Waals surface area contributed by atoms with Crippen molar-refractivity contribution in [1.29, 1.82) is 0 Å². The van der Waals surface area contributed by atoms with E-state index in [0.717, 1.165) is 45.4 Å². The van der Waals surface area contributed by atoms with Crippen LogP contribution in [0, 0.1) is 0 Å². The molecule has 0 saturated carbocycles. The topological polar surface area (TPSA) is 64.7 Å². The Morgan fingerprint density at radius 1 is 0.760 bits per heavy atom. The molecule has 146 valence electrons. The lowest BCUT2D eigenvalue weighted by molar-refractivity contribution is -0.125. The lowest BCUT2D eigenvalue weighted by Gasteiger charge is -2.28. The Bertz CT molecular complexity index is 409. The van der Waals surface area contributed by atoms with Gasteiger partial charge in [0.2, 0.25) is 11.8 Å². The van der Waals surface area contributed by atoms with E-state index in [1.54, 1.807) is 0 Å². The van der Waals surface area contributed by atoms with E-state index in [4.69, 9.17) is 0 Å². The van der Waals surface area contributed by atoms with E-state index in [1.165, 1.54) is 0 Å². The molecular weight excluding hydrogens is 316 g/mol. The number of rotatable bonds is 8. The summed E-state index contributed by atoms with van der Waals surface area (Å²) in [6.45, 7) is 16.7. The molecule has 1 aliphatic heterocycles. The van der Waals surface area contributed by atoms with E-state index in [-0.39, 0.29) is 22.9 Å². The van der Waals surface area contributed by atoms with Crippen LogP contribution in [0.5, 0.6) is 0 Å². The maximum absolute atomic E-state index is 12.2. The third-order valence-electron chi connectivity index (χ3n) is 5.14. The van der Waals surface area contributed by atoms with Crippen LogP contribution in [0.15, 0.2) is 0 Å². The molecule has 2 N–H and O–H groups in total. The molecule has 1 rings (SSSR count). The lowest BCUT2D eigenvalue weighted by atomic mass is 10.0. The highest BCUT2D eigenvalue weighted by Gasteiger charge is 2.23. The molecule has 0 spiro atoms. The van der Waals surface area contributed by atoms with Crippen molar-refractivity contribution in [3.8, 4) is 0 Å². The molecule has 1 saturated heterocycles. The van der Waals surface area contributed by atoms with Crippen LogP contribution in [-0.2, 0) is 9.59 Å². The van der Waals surface area contributed by atoms with Gasteiger partial charge in [0.15, 0.2) is 0 Å². The quantitative estimate of drug-likeness (QED) is 0.695. The van der Waals surface area contributed by atoms with Gasteiger partial charge in [0, 0.05) is 24.2 Å². The van der Waals surface area contributed by atoms with Gasteiger partial charge in [-0.25, -0.2) is 0 Å². The predicted octanol–water partition coefficient (Wildman–Crippen LogP) is 1.60. The zero-order valence-corrected chi connectivity index (χ0v) is 17.1. The summed E-state index contributed by atoms with van der Waals surface area (Å²) in [5.41, 5.74) is -0.307. The van der Waals surface area contributed by atoms with Gasteiger partial charge in [-0.15, -0.1) is 0 Å². The normalized spacial score (nSPS) is 17.8. The van der Waals surface area contributed by atoms with Crippen LogP contribution in [-0.4, -0.2) is 72.0 Å². The average Bonchev–Trinajstić information content (AvgIpc) is 2.71. The van der Waals surface area contributed by atoms with E-state index >= 15 is 0 Å². The molecule has 0 aromatic rings. The monoisotopic (exact) mass is 354 g/mol. The lowest BCUT2D eigenvalue weighted by Crippen LogP contribution is -2.48. The maximum atomic E-state index is 12.2. The molecule has 25 heavy (non-hydrogen) atoms. The Balaban J connectivity index is 2.41. The van der Waals surface area contributed by atoms with Crippen molar-refractivity contribution in [2.24, 2.45) is 0 Å². The number of amides is 2. The smallest absolute Gasteiger partial charge is 0.234 e. The third kappa shape index (κ3) is 8.68. The number of nitrogens with zero attached hydrogens (tertiary/aromatic N) is 2. The summed E-state index contributed by atoms with van der Waals surface area (Å²) in [4.78, 5) is 28.8. The zero-order chi connectivity index (χ0) is 19.1. The second kappa shape index (κ2) is 9.53. The molecular formula is C19H38N4O2. The molecule has 0 bridgehead atoms. The van der Waals surface area contributed by atoms with Gasteiger partial charge >= 0.3 is 0 Å². The van der Waals surface area contributed by atoms with Crippen molar-refractivity contribution in [2.75, 3.05) is 39.3 Å². The fourth-order valence-electron chi connectivity index (χ4n) is 2.76. The van der Waals surface area contributed by atoms with Crippen molar-refractivity contribution >= 4 is 11.8 Å². The summed E-state index contributed by atoms with van der Waals surface area (Å²) in [7, 11) is 0. The van der Waals surface area contributed by atoms with Crippen LogP contribution < -0.4 is 10.6 Å². The van der Waals surface area contributed by atoms with Gasteiger partial charge in [0.1, 0.15) is 0 Å². The fourth-order valence-corrected chi connectivity index (χ4v) is 2.76. The Morgan fingerprint density at radius 3 is 1.44 bits per heavy atom. The van der Waals surface area contributed by atoms with E-state index in [0.29, 0.717) is 13.1 Å². The van der Waals surface area contributed by atoms with Crippen molar-refractivity contribution in [3.05, 3.63) is 0 Å². The van der Waals surface area contributed by atoms with Crippen LogP contribution >= 0.6 is 0 Å². The average molecular weight is 355 g/mol. The fraction of sp³-hybridized carbons (Fsp3) is 0.895. The van der Waals surface area contributed by atoms with Crippen molar-refractivity contribution in [2.45, 2.75) is 71.9 Å². The molecule has 6 nitrogen and oxygen atoms in total. The molecule has 1 fully saturated rings. The highest BCUT2D eigenvalue weighted by molar-refractivity contribution is 5.79. The number of hydrogen-bond donors (Lipinski definition) is 2. The molecule has 0 unspecified atom stereocenters. The van der Waals surface area contributed by atoms with Crippen molar-refractivity contribution in [3.63, 3.8) is 0 Å². The summed E-state index contributed by atoms with van der Waals surface area (Å²) >= 11 is 0. The van der Waals surface area contributed by atoms with Gasteiger partial charge in [-0.05, 0) is 60.0 Å². The standard InChI is InChI=1S/C19H38N4O2/c1-7-18(3,4)20-16(24)14-22-10-9-11-23(13-12-22)15-17(25)21-19(5,6)8-2/h7-15H2,1-6H3,(H,20,24)(H,21,25). The first-order chi connectivity index (χ1) is 11.6. The Labute approximate surface area is 153 Å². The highest BCUT2D eigenvalue weighted by atomic mass is 16.2. The molecule has 6 heteroatoms. The van der Waals surface area contributed by atoms with Crippen LogP contribution in [0.25, 0.3) is 0 Å². The van der Waals surface area contributed by atoms with E-state index in [2.05, 4.69) is 34.3 Å². The molecule has 0 aromatic heterocycles. The van der Waals surface area contributed by atoms with E-state index in [1.807, 2.05) is 27.7 Å². The van der Waals surface area contributed by atoms with Gasteiger partial charge in [0.05, 0.1) is 13.1 Å².